The average molecular weight is 389 g/mol. The zero-order chi connectivity index (χ0) is 15.4. The quantitative estimate of drug-likeness (QED) is 0.316. The molecule has 0 aromatic carbocycles. The number of carboxylic acid groups (broad SMARTS) is 1. The normalized spacial score (nSPS) is 13.2. The van der Waals surface area contributed by atoms with Crippen molar-refractivity contribution in [3.05, 3.63) is 12.7 Å². The van der Waals surface area contributed by atoms with Gasteiger partial charge in [-0.05, 0) is 0 Å². The van der Waals surface area contributed by atoms with Gasteiger partial charge in [0, 0.05) is 0 Å². The minimum atomic E-state index is -2.62. The summed E-state index contributed by atoms with van der Waals surface area (Å²) in [6, 6.07) is 0. The van der Waals surface area contributed by atoms with E-state index in [9.17, 15) is 9.90 Å². The molecule has 0 aliphatic carbocycles. The molecule has 0 saturated carbocycles. The zero-order valence-electron chi connectivity index (χ0n) is 13.8. The van der Waals surface area contributed by atoms with Crippen LogP contribution in [0, 0.1) is 0 Å². The molecule has 0 saturated heterocycles. The van der Waals surface area contributed by atoms with Gasteiger partial charge in [-0.15, -0.1) is 0 Å². The van der Waals surface area contributed by atoms with E-state index >= 15 is 0 Å². The Balaban J connectivity index is 5.25. The molecule has 0 heterocycles. The topological polar surface area (TPSA) is 37.3 Å². The van der Waals surface area contributed by atoms with Crippen LogP contribution in [0.1, 0.15) is 65.7 Å². The molecular formula is C17H34O2Sn. The van der Waals surface area contributed by atoms with Gasteiger partial charge in [0.05, 0.1) is 0 Å². The third-order valence-corrected chi connectivity index (χ3v) is 21.7. The van der Waals surface area contributed by atoms with Crippen molar-refractivity contribution in [3.8, 4) is 0 Å². The predicted molar refractivity (Wildman–Crippen MR) is 91.1 cm³/mol. The van der Waals surface area contributed by atoms with Crippen molar-refractivity contribution >= 4 is 24.3 Å². The van der Waals surface area contributed by atoms with Gasteiger partial charge in [0.2, 0.25) is 0 Å². The number of hydrogen-bond donors (Lipinski definition) is 1. The molecule has 0 spiro atoms. The predicted octanol–water partition coefficient (Wildman–Crippen LogP) is 5.87. The number of carbonyl (C=O) groups is 1. The van der Waals surface area contributed by atoms with Gasteiger partial charge in [-0.25, -0.2) is 0 Å². The van der Waals surface area contributed by atoms with Crippen LogP contribution in [-0.2, 0) is 4.79 Å². The van der Waals surface area contributed by atoms with Crippen molar-refractivity contribution in [1.29, 1.82) is 0 Å². The number of aliphatic carboxylic acids is 1. The van der Waals surface area contributed by atoms with Crippen LogP contribution in [0.25, 0.3) is 0 Å². The van der Waals surface area contributed by atoms with Gasteiger partial charge in [-0.3, -0.25) is 0 Å². The molecular weight excluding hydrogens is 355 g/mol. The van der Waals surface area contributed by atoms with Crippen molar-refractivity contribution in [1.82, 2.24) is 0 Å². The van der Waals surface area contributed by atoms with Gasteiger partial charge >= 0.3 is 130 Å². The first-order chi connectivity index (χ1) is 9.57. The maximum atomic E-state index is 11.8. The van der Waals surface area contributed by atoms with Gasteiger partial charge in [0.15, 0.2) is 0 Å². The summed E-state index contributed by atoms with van der Waals surface area (Å²) < 4.78 is 3.73. The Morgan fingerprint density at radius 3 is 1.70 bits per heavy atom. The van der Waals surface area contributed by atoms with Crippen molar-refractivity contribution in [2.75, 3.05) is 0 Å². The summed E-state index contributed by atoms with van der Waals surface area (Å²) in [5.41, 5.74) is 0. The fraction of sp³-hybridized carbons (Fsp3) is 0.824. The summed E-state index contributed by atoms with van der Waals surface area (Å²) in [6.45, 7) is 10.5. The third kappa shape index (κ3) is 6.64. The van der Waals surface area contributed by atoms with E-state index in [2.05, 4.69) is 27.4 Å². The molecule has 118 valence electrons. The Labute approximate surface area is 129 Å². The molecule has 0 aromatic rings. The fourth-order valence-corrected chi connectivity index (χ4v) is 20.8. The average Bonchev–Trinajstić information content (AvgIpc) is 2.44. The van der Waals surface area contributed by atoms with Crippen LogP contribution >= 0.6 is 0 Å². The zero-order valence-corrected chi connectivity index (χ0v) is 16.6. The summed E-state index contributed by atoms with van der Waals surface area (Å²) in [5, 5.41) is 9.74. The van der Waals surface area contributed by atoms with E-state index in [1.807, 2.05) is 6.08 Å². The Kier molecular flexibility index (Phi) is 11.6. The van der Waals surface area contributed by atoms with Gasteiger partial charge in [-0.1, -0.05) is 0 Å². The summed E-state index contributed by atoms with van der Waals surface area (Å²) in [4.78, 5) is 11.8. The van der Waals surface area contributed by atoms with E-state index in [0.29, 0.717) is 6.42 Å². The molecule has 0 aliphatic rings. The summed E-state index contributed by atoms with van der Waals surface area (Å²) >= 11 is -2.62. The van der Waals surface area contributed by atoms with Gasteiger partial charge < -0.3 is 0 Å². The number of carboxylic acids is 1. The van der Waals surface area contributed by atoms with E-state index in [1.165, 1.54) is 51.8 Å². The SMILES string of the molecule is C=CC[CH](C(=O)O)[Sn]([CH2]CCC)([CH2]CCC)[CH2]CCC. The van der Waals surface area contributed by atoms with Crippen LogP contribution in [0.3, 0.4) is 0 Å². The second-order valence-electron chi connectivity index (χ2n) is 6.09. The first kappa shape index (κ1) is 20.0. The Hall–Kier alpha value is 0.00870. The molecule has 0 radical (unpaired) electrons. The van der Waals surface area contributed by atoms with E-state index in [1.54, 1.807) is 0 Å². The van der Waals surface area contributed by atoms with Crippen molar-refractivity contribution in [2.24, 2.45) is 0 Å². The minimum absolute atomic E-state index is 0.0496. The molecule has 3 heteroatoms. The monoisotopic (exact) mass is 390 g/mol. The van der Waals surface area contributed by atoms with Crippen LogP contribution in [0.2, 0.25) is 17.2 Å². The van der Waals surface area contributed by atoms with E-state index in [4.69, 9.17) is 0 Å². The molecule has 1 unspecified atom stereocenters. The van der Waals surface area contributed by atoms with Crippen molar-refractivity contribution in [2.45, 2.75) is 83.0 Å². The molecule has 20 heavy (non-hydrogen) atoms. The molecule has 0 aliphatic heterocycles. The van der Waals surface area contributed by atoms with Gasteiger partial charge in [-0.2, -0.15) is 0 Å². The van der Waals surface area contributed by atoms with Crippen molar-refractivity contribution < 1.29 is 9.90 Å². The summed E-state index contributed by atoms with van der Waals surface area (Å²) in [6.07, 6.45) is 9.79. The van der Waals surface area contributed by atoms with E-state index in [-0.39, 0.29) is 3.93 Å². The van der Waals surface area contributed by atoms with E-state index < -0.39 is 24.3 Å². The van der Waals surface area contributed by atoms with Crippen LogP contribution in [0.4, 0.5) is 0 Å². The molecule has 1 N–H and O–H groups in total. The summed E-state index contributed by atoms with van der Waals surface area (Å²) in [5.74, 6) is -0.538. The first-order valence-electron chi connectivity index (χ1n) is 8.41. The third-order valence-electron chi connectivity index (χ3n) is 4.52. The second kappa shape index (κ2) is 11.6. The Morgan fingerprint density at radius 1 is 1.05 bits per heavy atom. The molecule has 2 nitrogen and oxygen atoms in total. The Morgan fingerprint density at radius 2 is 1.45 bits per heavy atom. The van der Waals surface area contributed by atoms with Crippen LogP contribution < -0.4 is 0 Å². The number of rotatable bonds is 13. The standard InChI is InChI=1S/C5H7O2.3C4H9.Sn/c1-2-3-4-5(6)7;3*1-3-4-2;/h2,4H,1,3H2,(H,6,7);3*1,3-4H2,2H3;. The Bertz CT molecular complexity index is 254. The fourth-order valence-electron chi connectivity index (χ4n) is 3.26. The summed E-state index contributed by atoms with van der Waals surface area (Å²) in [7, 11) is 0. The molecule has 0 aromatic heterocycles. The van der Waals surface area contributed by atoms with Crippen LogP contribution in [0.5, 0.6) is 0 Å². The van der Waals surface area contributed by atoms with E-state index in [0.717, 1.165) is 0 Å². The molecule has 0 amide bonds. The van der Waals surface area contributed by atoms with Gasteiger partial charge in [0.25, 0.3) is 0 Å². The van der Waals surface area contributed by atoms with Crippen LogP contribution in [0.15, 0.2) is 12.7 Å². The number of allylic oxidation sites excluding steroid dienone is 1. The molecule has 0 rings (SSSR count). The number of unbranched alkanes of at least 4 members (excludes halogenated alkanes) is 3. The maximum absolute atomic E-state index is 11.8. The van der Waals surface area contributed by atoms with Crippen LogP contribution in [-0.4, -0.2) is 29.5 Å². The molecule has 0 fully saturated rings. The molecule has 0 bridgehead atoms. The second-order valence-corrected chi connectivity index (χ2v) is 20.1. The van der Waals surface area contributed by atoms with Crippen molar-refractivity contribution in [3.63, 3.8) is 0 Å². The first-order valence-corrected chi connectivity index (χ1v) is 16.1. The van der Waals surface area contributed by atoms with Gasteiger partial charge in [0.1, 0.15) is 0 Å². The number of hydrogen-bond acceptors (Lipinski definition) is 1. The molecule has 1 atom stereocenters.